The first kappa shape index (κ1) is 18.0. The van der Waals surface area contributed by atoms with Gasteiger partial charge in [0.25, 0.3) is 0 Å². The lowest BCUT2D eigenvalue weighted by Gasteiger charge is -2.35. The second-order valence-corrected chi connectivity index (χ2v) is 7.09. The summed E-state index contributed by atoms with van der Waals surface area (Å²) >= 11 is 1.79. The van der Waals surface area contributed by atoms with Crippen LogP contribution in [-0.2, 0) is 6.54 Å². The van der Waals surface area contributed by atoms with E-state index in [-0.39, 0.29) is 12.4 Å². The number of hydrogen-bond acceptors (Lipinski definition) is 5. The summed E-state index contributed by atoms with van der Waals surface area (Å²) in [5.74, 6) is 0. The average Bonchev–Trinajstić information content (AvgIpc) is 3.12. The monoisotopic (exact) mass is 372 g/mol. The molecular formula is C19H21ClN4S. The van der Waals surface area contributed by atoms with Gasteiger partial charge in [-0.05, 0) is 11.6 Å². The van der Waals surface area contributed by atoms with Crippen LogP contribution in [0.2, 0.25) is 0 Å². The van der Waals surface area contributed by atoms with Gasteiger partial charge in [0.15, 0.2) is 0 Å². The van der Waals surface area contributed by atoms with Crippen molar-refractivity contribution in [3.63, 3.8) is 0 Å². The second-order valence-electron chi connectivity index (χ2n) is 5.97. The van der Waals surface area contributed by atoms with Crippen molar-refractivity contribution in [1.29, 1.82) is 0 Å². The summed E-state index contributed by atoms with van der Waals surface area (Å²) in [5, 5.41) is 4.59. The highest BCUT2D eigenvalue weighted by Crippen LogP contribution is 2.29. The Kier molecular flexibility index (Phi) is 6.15. The third-order valence-electron chi connectivity index (χ3n) is 4.36. The fourth-order valence-electron chi connectivity index (χ4n) is 3.13. The molecule has 0 radical (unpaired) electrons. The Morgan fingerprint density at radius 3 is 2.80 bits per heavy atom. The quantitative estimate of drug-likeness (QED) is 0.756. The number of halogens is 1. The molecule has 3 aromatic rings. The fourth-order valence-corrected chi connectivity index (χ4v) is 4.08. The number of benzene rings is 1. The molecule has 0 spiro atoms. The predicted molar refractivity (Wildman–Crippen MR) is 105 cm³/mol. The van der Waals surface area contributed by atoms with E-state index >= 15 is 0 Å². The minimum Gasteiger partial charge on any atom is -0.314 e. The van der Waals surface area contributed by atoms with E-state index in [1.807, 2.05) is 30.7 Å². The van der Waals surface area contributed by atoms with Gasteiger partial charge in [0.05, 0.1) is 0 Å². The standard InChI is InChI=1S/C19H20N4S.ClH/c1-2-5-15(6-3-1)19-22-12-17(24-19)14-23-10-9-21-13-18(23)16-7-4-8-20-11-16;/h1-8,11-12,18,21H,9-10,13-14H2;1H. The summed E-state index contributed by atoms with van der Waals surface area (Å²) in [6, 6.07) is 14.9. The van der Waals surface area contributed by atoms with Crippen LogP contribution in [0.3, 0.4) is 0 Å². The molecule has 25 heavy (non-hydrogen) atoms. The molecule has 1 saturated heterocycles. The number of nitrogens with zero attached hydrogens (tertiary/aromatic N) is 3. The van der Waals surface area contributed by atoms with Gasteiger partial charge in [-0.3, -0.25) is 9.88 Å². The van der Waals surface area contributed by atoms with Crippen LogP contribution in [0.1, 0.15) is 16.5 Å². The first-order valence-electron chi connectivity index (χ1n) is 8.25. The molecule has 0 aliphatic carbocycles. The van der Waals surface area contributed by atoms with Crippen LogP contribution >= 0.6 is 23.7 Å². The van der Waals surface area contributed by atoms with Crippen molar-refractivity contribution >= 4 is 23.7 Å². The molecule has 2 aromatic heterocycles. The molecule has 130 valence electrons. The number of hydrogen-bond donors (Lipinski definition) is 1. The normalized spacial score (nSPS) is 17.8. The second kappa shape index (κ2) is 8.54. The first-order chi connectivity index (χ1) is 11.9. The van der Waals surface area contributed by atoms with Gasteiger partial charge >= 0.3 is 0 Å². The summed E-state index contributed by atoms with van der Waals surface area (Å²) in [5.41, 5.74) is 2.47. The zero-order chi connectivity index (χ0) is 16.2. The maximum absolute atomic E-state index is 4.61. The molecule has 1 fully saturated rings. The van der Waals surface area contributed by atoms with Gasteiger partial charge in [0, 0.05) is 61.3 Å². The first-order valence-corrected chi connectivity index (χ1v) is 9.06. The molecule has 0 bridgehead atoms. The molecule has 1 aliphatic rings. The zero-order valence-electron chi connectivity index (χ0n) is 13.8. The van der Waals surface area contributed by atoms with Crippen molar-refractivity contribution < 1.29 is 0 Å². The number of rotatable bonds is 4. The minimum absolute atomic E-state index is 0. The van der Waals surface area contributed by atoms with Crippen LogP contribution in [0.5, 0.6) is 0 Å². The Morgan fingerprint density at radius 1 is 1.12 bits per heavy atom. The third-order valence-corrected chi connectivity index (χ3v) is 5.39. The van der Waals surface area contributed by atoms with Gasteiger partial charge in [0.2, 0.25) is 0 Å². The maximum atomic E-state index is 4.61. The summed E-state index contributed by atoms with van der Waals surface area (Å²) in [6.07, 6.45) is 5.83. The molecule has 0 saturated carbocycles. The molecule has 1 aliphatic heterocycles. The van der Waals surface area contributed by atoms with Gasteiger partial charge in [-0.15, -0.1) is 23.7 Å². The van der Waals surface area contributed by atoms with E-state index < -0.39 is 0 Å². The van der Waals surface area contributed by atoms with Crippen LogP contribution in [0.4, 0.5) is 0 Å². The Labute approximate surface area is 158 Å². The van der Waals surface area contributed by atoms with E-state index in [1.54, 1.807) is 11.3 Å². The highest BCUT2D eigenvalue weighted by Gasteiger charge is 2.24. The summed E-state index contributed by atoms with van der Waals surface area (Å²) in [6.45, 7) is 3.97. The van der Waals surface area contributed by atoms with Crippen LogP contribution in [-0.4, -0.2) is 34.5 Å². The van der Waals surface area contributed by atoms with Crippen molar-refractivity contribution in [2.24, 2.45) is 0 Å². The number of aromatic nitrogens is 2. The summed E-state index contributed by atoms with van der Waals surface area (Å²) in [4.78, 5) is 12.7. The van der Waals surface area contributed by atoms with Crippen LogP contribution < -0.4 is 5.32 Å². The number of thiazole rings is 1. The Bertz CT molecular complexity index is 778. The largest absolute Gasteiger partial charge is 0.314 e. The average molecular weight is 373 g/mol. The van der Waals surface area contributed by atoms with Gasteiger partial charge in [-0.1, -0.05) is 36.4 Å². The SMILES string of the molecule is Cl.c1ccc(-c2ncc(CN3CCNCC3c3cccnc3)s2)cc1. The van der Waals surface area contributed by atoms with E-state index in [1.165, 1.54) is 16.0 Å². The van der Waals surface area contributed by atoms with E-state index in [4.69, 9.17) is 0 Å². The molecule has 1 N–H and O–H groups in total. The minimum atomic E-state index is 0. The fraction of sp³-hybridized carbons (Fsp3) is 0.263. The highest BCUT2D eigenvalue weighted by molar-refractivity contribution is 7.15. The van der Waals surface area contributed by atoms with Crippen molar-refractivity contribution in [2.45, 2.75) is 12.6 Å². The molecule has 1 unspecified atom stereocenters. The lowest BCUT2D eigenvalue weighted by molar-refractivity contribution is 0.155. The highest BCUT2D eigenvalue weighted by atomic mass is 35.5. The molecular weight excluding hydrogens is 352 g/mol. The van der Waals surface area contributed by atoms with Crippen LogP contribution in [0.25, 0.3) is 10.6 Å². The Hall–Kier alpha value is -1.79. The third kappa shape index (κ3) is 4.25. The molecule has 4 rings (SSSR count). The molecule has 1 atom stereocenters. The number of nitrogens with one attached hydrogen (secondary N) is 1. The molecule has 6 heteroatoms. The van der Waals surface area contributed by atoms with Crippen molar-refractivity contribution in [3.8, 4) is 10.6 Å². The predicted octanol–water partition coefficient (Wildman–Crippen LogP) is 3.77. The van der Waals surface area contributed by atoms with Crippen LogP contribution in [0, 0.1) is 0 Å². The number of piperazine rings is 1. The van der Waals surface area contributed by atoms with Crippen molar-refractivity contribution in [3.05, 3.63) is 71.5 Å². The number of pyridine rings is 1. The Balaban J connectivity index is 0.00000182. The Morgan fingerprint density at radius 2 is 2.00 bits per heavy atom. The van der Waals surface area contributed by atoms with Gasteiger partial charge < -0.3 is 5.32 Å². The smallest absolute Gasteiger partial charge is 0.123 e. The van der Waals surface area contributed by atoms with E-state index in [9.17, 15) is 0 Å². The lowest BCUT2D eigenvalue weighted by atomic mass is 10.1. The molecule has 0 amide bonds. The molecule has 4 nitrogen and oxygen atoms in total. The van der Waals surface area contributed by atoms with Crippen LogP contribution in [0.15, 0.2) is 61.1 Å². The zero-order valence-corrected chi connectivity index (χ0v) is 15.5. The van der Waals surface area contributed by atoms with Gasteiger partial charge in [0.1, 0.15) is 5.01 Å². The molecule has 1 aromatic carbocycles. The van der Waals surface area contributed by atoms with Crippen molar-refractivity contribution in [2.75, 3.05) is 19.6 Å². The lowest BCUT2D eigenvalue weighted by Crippen LogP contribution is -2.45. The van der Waals surface area contributed by atoms with Gasteiger partial charge in [-0.25, -0.2) is 4.98 Å². The van der Waals surface area contributed by atoms with Gasteiger partial charge in [-0.2, -0.15) is 0 Å². The summed E-state index contributed by atoms with van der Waals surface area (Å²) in [7, 11) is 0. The van der Waals surface area contributed by atoms with E-state index in [0.717, 1.165) is 31.2 Å². The van der Waals surface area contributed by atoms with E-state index in [2.05, 4.69) is 50.5 Å². The maximum Gasteiger partial charge on any atom is 0.123 e. The molecule has 3 heterocycles. The topological polar surface area (TPSA) is 41.1 Å². The summed E-state index contributed by atoms with van der Waals surface area (Å²) < 4.78 is 0. The van der Waals surface area contributed by atoms with E-state index in [0.29, 0.717) is 6.04 Å². The van der Waals surface area contributed by atoms with Crippen molar-refractivity contribution in [1.82, 2.24) is 20.2 Å².